The molecule has 0 atom stereocenters. The SMILES string of the molecule is O=P(O)(O)O.OB(O)O.[Ca+2].[H-].[H-]. The van der Waals surface area contributed by atoms with Gasteiger partial charge in [-0.15, -0.1) is 0 Å². The number of hydrogen-bond donors (Lipinski definition) is 6. The summed E-state index contributed by atoms with van der Waals surface area (Å²) in [6, 6.07) is 0. The Kier molecular flexibility index (Phi) is 14.6. The van der Waals surface area contributed by atoms with E-state index in [9.17, 15) is 0 Å². The van der Waals surface area contributed by atoms with E-state index >= 15 is 0 Å². The number of rotatable bonds is 0. The van der Waals surface area contributed by atoms with E-state index in [-0.39, 0.29) is 40.6 Å². The van der Waals surface area contributed by atoms with Crippen LogP contribution in [0.1, 0.15) is 2.85 Å². The molecule has 0 unspecified atom stereocenters. The third-order valence-electron chi connectivity index (χ3n) is 0. The third kappa shape index (κ3) is 373. The van der Waals surface area contributed by atoms with E-state index in [0.29, 0.717) is 0 Å². The van der Waals surface area contributed by atoms with Crippen molar-refractivity contribution in [2.24, 2.45) is 0 Å². The predicted molar refractivity (Wildman–Crippen MR) is 34.7 cm³/mol. The zero-order valence-corrected chi connectivity index (χ0v) is 7.93. The maximum Gasteiger partial charge on any atom is 2.00 e. The van der Waals surface area contributed by atoms with E-state index in [2.05, 4.69) is 0 Å². The van der Waals surface area contributed by atoms with Gasteiger partial charge in [0.2, 0.25) is 0 Å². The summed E-state index contributed by atoms with van der Waals surface area (Å²) in [5.41, 5.74) is 0. The second-order valence-electron chi connectivity index (χ2n) is 0.860. The maximum absolute atomic E-state index is 8.88. The zero-order chi connectivity index (χ0) is 8.08. The van der Waals surface area contributed by atoms with Crippen LogP contribution < -0.4 is 0 Å². The van der Waals surface area contributed by atoms with Gasteiger partial charge in [-0.3, -0.25) is 0 Å². The zero-order valence-electron chi connectivity index (χ0n) is 6.82. The Labute approximate surface area is 89.7 Å². The monoisotopic (exact) mass is 202 g/mol. The topological polar surface area (TPSA) is 138 Å². The largest absolute Gasteiger partial charge is 2.00 e. The summed E-state index contributed by atoms with van der Waals surface area (Å²) in [4.78, 5) is 21.6. The van der Waals surface area contributed by atoms with Crippen molar-refractivity contribution >= 4 is 52.9 Å². The van der Waals surface area contributed by atoms with Crippen molar-refractivity contribution in [1.82, 2.24) is 0 Å². The summed E-state index contributed by atoms with van der Waals surface area (Å²) in [6.07, 6.45) is 0. The van der Waals surface area contributed by atoms with Crippen molar-refractivity contribution in [3.63, 3.8) is 0 Å². The molecule has 0 fully saturated rings. The van der Waals surface area contributed by atoms with Crippen molar-refractivity contribution in [3.05, 3.63) is 0 Å². The molecule has 0 aromatic carbocycles. The fourth-order valence-corrected chi connectivity index (χ4v) is 0. The Bertz CT molecular complexity index is 92.6. The standard InChI is InChI=1S/BH3O3.Ca.H3O4P.2H/c2-1(3)4;;1-5(2,3)4;;/h2-4H;;(H3,1,2,3,4);;/q;+2;;2*-1. The van der Waals surface area contributed by atoms with Gasteiger partial charge in [-0.2, -0.15) is 0 Å². The molecule has 0 rings (SSSR count). The van der Waals surface area contributed by atoms with Crippen LogP contribution in [0.4, 0.5) is 0 Å². The second-order valence-corrected chi connectivity index (χ2v) is 1.89. The van der Waals surface area contributed by atoms with Gasteiger partial charge >= 0.3 is 52.9 Å². The fraction of sp³-hybridized carbons (Fsp3) is 0. The van der Waals surface area contributed by atoms with Gasteiger partial charge in [-0.05, 0) is 0 Å². The molecule has 10 heteroatoms. The van der Waals surface area contributed by atoms with E-state index in [4.69, 9.17) is 34.3 Å². The molecule has 0 aliphatic heterocycles. The summed E-state index contributed by atoms with van der Waals surface area (Å²) < 4.78 is 8.88. The van der Waals surface area contributed by atoms with Gasteiger partial charge in [0.05, 0.1) is 0 Å². The Balaban J connectivity index is -0.0000000221. The van der Waals surface area contributed by atoms with Gasteiger partial charge in [0.25, 0.3) is 0 Å². The van der Waals surface area contributed by atoms with Crippen LogP contribution in [0.25, 0.3) is 0 Å². The Morgan fingerprint density at radius 3 is 1.10 bits per heavy atom. The molecule has 6 N–H and O–H groups in total. The van der Waals surface area contributed by atoms with E-state index in [1.54, 1.807) is 0 Å². The molecule has 0 amide bonds. The van der Waals surface area contributed by atoms with Crippen molar-refractivity contribution < 1.29 is 37.2 Å². The summed E-state index contributed by atoms with van der Waals surface area (Å²) in [7, 11) is -6.81. The molecular formula is H8BCaO7P. The summed E-state index contributed by atoms with van der Waals surface area (Å²) in [6.45, 7) is 0. The first-order chi connectivity index (χ1) is 3.73. The minimum Gasteiger partial charge on any atom is -1.00 e. The second kappa shape index (κ2) is 8.41. The van der Waals surface area contributed by atoms with Crippen molar-refractivity contribution in [2.75, 3.05) is 0 Å². The first-order valence-electron chi connectivity index (χ1n) is 1.56. The molecule has 0 radical (unpaired) electrons. The molecule has 0 aromatic heterocycles. The van der Waals surface area contributed by atoms with Crippen molar-refractivity contribution in [1.29, 1.82) is 0 Å². The fourth-order valence-electron chi connectivity index (χ4n) is 0. The Hall–Kier alpha value is 1.31. The predicted octanol–water partition coefficient (Wildman–Crippen LogP) is -3.14. The first kappa shape index (κ1) is 17.4. The van der Waals surface area contributed by atoms with Crippen molar-refractivity contribution in [2.45, 2.75) is 0 Å². The molecule has 0 aliphatic carbocycles. The normalized spacial score (nSPS) is 8.60. The molecule has 0 aliphatic rings. The molecule has 0 spiro atoms. The molecule has 7 nitrogen and oxygen atoms in total. The summed E-state index contributed by atoms with van der Waals surface area (Å²) in [5.74, 6) is 0. The average molecular weight is 202 g/mol. The van der Waals surface area contributed by atoms with Gasteiger partial charge in [0.1, 0.15) is 0 Å². The Morgan fingerprint density at radius 2 is 1.10 bits per heavy atom. The minimum atomic E-state index is -4.64. The minimum absolute atomic E-state index is 0. The summed E-state index contributed by atoms with van der Waals surface area (Å²) in [5, 5.41) is 21.5. The maximum atomic E-state index is 8.88. The molecule has 0 heterocycles. The number of hydrogen-bond acceptors (Lipinski definition) is 4. The van der Waals surface area contributed by atoms with Gasteiger partial charge in [0.15, 0.2) is 0 Å². The van der Waals surface area contributed by atoms with Gasteiger partial charge in [0, 0.05) is 0 Å². The molecule has 0 bridgehead atoms. The molecule has 0 saturated heterocycles. The summed E-state index contributed by atoms with van der Waals surface area (Å²) >= 11 is 0. The Morgan fingerprint density at radius 1 is 1.10 bits per heavy atom. The van der Waals surface area contributed by atoms with Crippen LogP contribution in [0, 0.1) is 0 Å². The van der Waals surface area contributed by atoms with Crippen molar-refractivity contribution in [3.8, 4) is 0 Å². The van der Waals surface area contributed by atoms with E-state index < -0.39 is 15.1 Å². The van der Waals surface area contributed by atoms with Crippen LogP contribution in [-0.2, 0) is 4.57 Å². The van der Waals surface area contributed by atoms with Gasteiger partial charge in [-0.25, -0.2) is 4.57 Å². The molecule has 0 aromatic rings. The van der Waals surface area contributed by atoms with E-state index in [1.165, 1.54) is 0 Å². The molecule has 10 heavy (non-hydrogen) atoms. The van der Waals surface area contributed by atoms with Gasteiger partial charge < -0.3 is 32.6 Å². The van der Waals surface area contributed by atoms with Crippen LogP contribution in [0.5, 0.6) is 0 Å². The van der Waals surface area contributed by atoms with Crippen LogP contribution in [0.15, 0.2) is 0 Å². The first-order valence-corrected chi connectivity index (χ1v) is 3.12. The molecular weight excluding hydrogens is 194 g/mol. The molecule has 0 saturated carbocycles. The quantitative estimate of drug-likeness (QED) is 0.180. The number of phosphoric acid groups is 1. The van der Waals surface area contributed by atoms with E-state index in [1.807, 2.05) is 0 Å². The van der Waals surface area contributed by atoms with Gasteiger partial charge in [-0.1, -0.05) is 0 Å². The smallest absolute Gasteiger partial charge is 1.00 e. The average Bonchev–Trinajstić information content (AvgIpc) is 1.19. The van der Waals surface area contributed by atoms with E-state index in [0.717, 1.165) is 0 Å². The van der Waals surface area contributed by atoms with Crippen LogP contribution >= 0.6 is 7.82 Å². The van der Waals surface area contributed by atoms with Crippen LogP contribution in [0.2, 0.25) is 0 Å². The van der Waals surface area contributed by atoms with Crippen LogP contribution in [-0.4, -0.2) is 74.8 Å². The molecule has 60 valence electrons. The third-order valence-corrected chi connectivity index (χ3v) is 0. The van der Waals surface area contributed by atoms with Crippen LogP contribution in [0.3, 0.4) is 0 Å².